The van der Waals surface area contributed by atoms with E-state index in [0.717, 1.165) is 0 Å². The van der Waals surface area contributed by atoms with Crippen LogP contribution < -0.4 is 0 Å². The highest BCUT2D eigenvalue weighted by Crippen LogP contribution is 2.14. The largest absolute Gasteiger partial charge is 0.272 e. The molecule has 16 heavy (non-hydrogen) atoms. The summed E-state index contributed by atoms with van der Waals surface area (Å²) in [5.74, 6) is 5.36. The first kappa shape index (κ1) is 16.6. The summed E-state index contributed by atoms with van der Waals surface area (Å²) in [7, 11) is 0. The topological polar surface area (TPSA) is 43.1 Å². The molecule has 0 aliphatic heterocycles. The highest BCUT2D eigenvalue weighted by molar-refractivity contribution is 5.38. The minimum atomic E-state index is -0.380. The second kappa shape index (κ2) is 11.3. The molecule has 0 atom stereocenters. The summed E-state index contributed by atoms with van der Waals surface area (Å²) in [6.07, 6.45) is 0. The maximum atomic E-state index is 10.2. The molecule has 0 aliphatic carbocycles. The lowest BCUT2D eigenvalue weighted by Gasteiger charge is -1.92. The van der Waals surface area contributed by atoms with E-state index in [-0.39, 0.29) is 10.6 Å². The normalized spacial score (nSPS) is 7.06. The third-order valence-corrected chi connectivity index (χ3v) is 1.56. The Morgan fingerprint density at radius 1 is 1.12 bits per heavy atom. The van der Waals surface area contributed by atoms with Crippen LogP contribution in [0.25, 0.3) is 0 Å². The van der Waals surface area contributed by atoms with E-state index in [0.29, 0.717) is 5.56 Å². The quantitative estimate of drug-likeness (QED) is 0.409. The minimum absolute atomic E-state index is 0.183. The van der Waals surface area contributed by atoms with Crippen LogP contribution in [-0.4, -0.2) is 4.92 Å². The van der Waals surface area contributed by atoms with Crippen molar-refractivity contribution in [2.45, 2.75) is 34.6 Å². The Labute approximate surface area is 97.6 Å². The maximum Gasteiger partial charge on any atom is 0.272 e. The molecule has 0 aromatic heterocycles. The number of aryl methyl sites for hydroxylation is 1. The first-order chi connectivity index (χ1) is 7.63. The number of nitro benzene ring substituents is 1. The molecule has 3 nitrogen and oxygen atoms in total. The summed E-state index contributed by atoms with van der Waals surface area (Å²) in [6, 6.07) is 6.65. The molecule has 88 valence electrons. The van der Waals surface area contributed by atoms with Crippen LogP contribution in [-0.2, 0) is 0 Å². The standard InChI is InChI=1S/C7H7NO2.C4H6.C2H6/c1-6-4-2-3-5-7(6)8(9)10;1-3-4-2;1-2/h2-5H,1H3;1-2H3;1-2H3. The molecule has 0 saturated carbocycles. The Kier molecular flexibility index (Phi) is 11.7. The van der Waals surface area contributed by atoms with Gasteiger partial charge in [0.1, 0.15) is 0 Å². The van der Waals surface area contributed by atoms with Gasteiger partial charge in [-0.1, -0.05) is 32.0 Å². The zero-order valence-electron chi connectivity index (χ0n) is 10.6. The first-order valence-electron chi connectivity index (χ1n) is 5.17. The molecule has 3 heteroatoms. The van der Waals surface area contributed by atoms with Gasteiger partial charge in [0.05, 0.1) is 4.92 Å². The molecule has 0 fully saturated rings. The van der Waals surface area contributed by atoms with Crippen molar-refractivity contribution in [2.75, 3.05) is 0 Å². The second-order valence-electron chi connectivity index (χ2n) is 2.54. The van der Waals surface area contributed by atoms with E-state index in [2.05, 4.69) is 11.8 Å². The molecule has 1 aromatic carbocycles. The lowest BCUT2D eigenvalue weighted by molar-refractivity contribution is -0.385. The highest BCUT2D eigenvalue weighted by atomic mass is 16.6. The van der Waals surface area contributed by atoms with Crippen LogP contribution in [0.1, 0.15) is 33.3 Å². The number of benzene rings is 1. The second-order valence-corrected chi connectivity index (χ2v) is 2.54. The molecular formula is C13H19NO2. The van der Waals surface area contributed by atoms with Crippen LogP contribution in [0.4, 0.5) is 5.69 Å². The van der Waals surface area contributed by atoms with Gasteiger partial charge in [-0.3, -0.25) is 10.1 Å². The Morgan fingerprint density at radius 3 is 1.81 bits per heavy atom. The minimum Gasteiger partial charge on any atom is -0.258 e. The van der Waals surface area contributed by atoms with E-state index in [4.69, 9.17) is 0 Å². The fourth-order valence-corrected chi connectivity index (χ4v) is 0.768. The Hall–Kier alpha value is -1.82. The van der Waals surface area contributed by atoms with Gasteiger partial charge in [-0.25, -0.2) is 0 Å². The van der Waals surface area contributed by atoms with Crippen molar-refractivity contribution < 1.29 is 4.92 Å². The molecule has 0 radical (unpaired) electrons. The fraction of sp³-hybridized carbons (Fsp3) is 0.385. The molecule has 1 aromatic rings. The van der Waals surface area contributed by atoms with Gasteiger partial charge in [0, 0.05) is 11.6 Å². The summed E-state index contributed by atoms with van der Waals surface area (Å²) in [6.45, 7) is 9.36. The highest BCUT2D eigenvalue weighted by Gasteiger charge is 2.05. The first-order valence-corrected chi connectivity index (χ1v) is 5.17. The predicted octanol–water partition coefficient (Wildman–Crippen LogP) is 3.96. The summed E-state index contributed by atoms with van der Waals surface area (Å²) >= 11 is 0. The molecule has 0 N–H and O–H groups in total. The molecule has 0 spiro atoms. The maximum absolute atomic E-state index is 10.2. The van der Waals surface area contributed by atoms with Crippen molar-refractivity contribution >= 4 is 5.69 Å². The Balaban J connectivity index is 0. The van der Waals surface area contributed by atoms with Gasteiger partial charge in [-0.2, -0.15) is 0 Å². The molecule has 0 saturated heterocycles. The van der Waals surface area contributed by atoms with Crippen LogP contribution >= 0.6 is 0 Å². The van der Waals surface area contributed by atoms with E-state index in [1.165, 1.54) is 6.07 Å². The Morgan fingerprint density at radius 2 is 1.56 bits per heavy atom. The summed E-state index contributed by atoms with van der Waals surface area (Å²) in [5.41, 5.74) is 0.884. The van der Waals surface area contributed by atoms with Gasteiger partial charge < -0.3 is 0 Å². The summed E-state index contributed by atoms with van der Waals surface area (Å²) in [5, 5.41) is 10.2. The van der Waals surface area contributed by atoms with Crippen LogP contribution in [0.3, 0.4) is 0 Å². The number of para-hydroxylation sites is 1. The van der Waals surface area contributed by atoms with Gasteiger partial charge >= 0.3 is 0 Å². The molecule has 1 rings (SSSR count). The van der Waals surface area contributed by atoms with Crippen molar-refractivity contribution in [1.82, 2.24) is 0 Å². The monoisotopic (exact) mass is 221 g/mol. The van der Waals surface area contributed by atoms with Crippen molar-refractivity contribution in [2.24, 2.45) is 0 Å². The van der Waals surface area contributed by atoms with Gasteiger partial charge in [0.2, 0.25) is 0 Å². The van der Waals surface area contributed by atoms with Crippen LogP contribution in [0.2, 0.25) is 0 Å². The Bertz CT molecular complexity index is 356. The fourth-order valence-electron chi connectivity index (χ4n) is 0.768. The van der Waals surface area contributed by atoms with E-state index >= 15 is 0 Å². The third-order valence-electron chi connectivity index (χ3n) is 1.56. The van der Waals surface area contributed by atoms with Gasteiger partial charge in [-0.15, -0.1) is 11.8 Å². The number of hydrogen-bond donors (Lipinski definition) is 0. The van der Waals surface area contributed by atoms with Crippen molar-refractivity contribution in [1.29, 1.82) is 0 Å². The lowest BCUT2D eigenvalue weighted by Crippen LogP contribution is -1.89. The zero-order chi connectivity index (χ0) is 13.0. The van der Waals surface area contributed by atoms with E-state index in [1.807, 2.05) is 27.7 Å². The van der Waals surface area contributed by atoms with E-state index in [9.17, 15) is 10.1 Å². The number of nitro groups is 1. The number of rotatable bonds is 1. The van der Waals surface area contributed by atoms with Crippen LogP contribution in [0, 0.1) is 28.9 Å². The molecular weight excluding hydrogens is 202 g/mol. The smallest absolute Gasteiger partial charge is 0.258 e. The molecule has 0 heterocycles. The van der Waals surface area contributed by atoms with E-state index < -0.39 is 0 Å². The molecule has 0 amide bonds. The van der Waals surface area contributed by atoms with Crippen molar-refractivity contribution in [3.8, 4) is 11.8 Å². The molecule has 0 unspecified atom stereocenters. The third kappa shape index (κ3) is 7.57. The van der Waals surface area contributed by atoms with E-state index in [1.54, 1.807) is 25.1 Å². The van der Waals surface area contributed by atoms with Crippen molar-refractivity contribution in [3.63, 3.8) is 0 Å². The van der Waals surface area contributed by atoms with Crippen LogP contribution in [0.5, 0.6) is 0 Å². The predicted molar refractivity (Wildman–Crippen MR) is 68.3 cm³/mol. The van der Waals surface area contributed by atoms with Gasteiger partial charge in [0.25, 0.3) is 5.69 Å². The summed E-state index contributed by atoms with van der Waals surface area (Å²) in [4.78, 5) is 9.85. The SMILES string of the molecule is CC.CC#CC.Cc1ccccc1[N+](=O)[O-]. The number of nitrogens with zero attached hydrogens (tertiary/aromatic N) is 1. The molecule has 0 bridgehead atoms. The average Bonchev–Trinajstić information content (AvgIpc) is 2.32. The summed E-state index contributed by atoms with van der Waals surface area (Å²) < 4.78 is 0. The van der Waals surface area contributed by atoms with Crippen LogP contribution in [0.15, 0.2) is 24.3 Å². The van der Waals surface area contributed by atoms with Crippen molar-refractivity contribution in [3.05, 3.63) is 39.9 Å². The number of hydrogen-bond acceptors (Lipinski definition) is 2. The van der Waals surface area contributed by atoms with Gasteiger partial charge in [0.15, 0.2) is 0 Å². The molecule has 0 aliphatic rings. The average molecular weight is 221 g/mol. The lowest BCUT2D eigenvalue weighted by atomic mass is 10.2. The zero-order valence-corrected chi connectivity index (χ0v) is 10.6. The van der Waals surface area contributed by atoms with Gasteiger partial charge in [-0.05, 0) is 20.8 Å².